The van der Waals surface area contributed by atoms with E-state index in [1.165, 1.54) is 18.4 Å². The number of nitrogens with zero attached hydrogens (tertiary/aromatic N) is 4. The fraction of sp³-hybridized carbons (Fsp3) is 0.269. The van der Waals surface area contributed by atoms with Crippen molar-refractivity contribution in [2.24, 2.45) is 0 Å². The van der Waals surface area contributed by atoms with Crippen LogP contribution in [0.1, 0.15) is 32.3 Å². The minimum absolute atomic E-state index is 0.298. The van der Waals surface area contributed by atoms with Gasteiger partial charge >= 0.3 is 0 Å². The summed E-state index contributed by atoms with van der Waals surface area (Å²) in [7, 11) is 0. The molecule has 1 aliphatic heterocycles. The fourth-order valence-corrected chi connectivity index (χ4v) is 4.48. The Kier molecular flexibility index (Phi) is 5.88. The van der Waals surface area contributed by atoms with Gasteiger partial charge in [0, 0.05) is 18.1 Å². The second-order valence-corrected chi connectivity index (χ2v) is 8.36. The third-order valence-corrected chi connectivity index (χ3v) is 6.08. The summed E-state index contributed by atoms with van der Waals surface area (Å²) >= 11 is 0. The molecule has 2 N–H and O–H groups in total. The predicted molar refractivity (Wildman–Crippen MR) is 131 cm³/mol. The average Bonchev–Trinajstić information content (AvgIpc) is 3.56. The first-order chi connectivity index (χ1) is 16.2. The number of hydrogen-bond donors (Lipinski definition) is 2. The van der Waals surface area contributed by atoms with Gasteiger partial charge in [0.25, 0.3) is 0 Å². The zero-order chi connectivity index (χ0) is 22.8. The van der Waals surface area contributed by atoms with Gasteiger partial charge in [-0.05, 0) is 80.8 Å². The Morgan fingerprint density at radius 2 is 2.06 bits per heavy atom. The van der Waals surface area contributed by atoms with Crippen LogP contribution in [0.4, 0.5) is 4.39 Å². The SMILES string of the molecule is C/C=C/C(=C\C(=C/C)c1cc(F)c2n[nH]c(-c3nc4ncccc4[nH]3)c2c1)CN1CCCC1. The normalized spacial score (nSPS) is 16.1. The van der Waals surface area contributed by atoms with Gasteiger partial charge in [-0.1, -0.05) is 24.3 Å². The molecule has 33 heavy (non-hydrogen) atoms. The smallest absolute Gasteiger partial charge is 0.178 e. The van der Waals surface area contributed by atoms with Crippen molar-refractivity contribution in [3.8, 4) is 11.5 Å². The van der Waals surface area contributed by atoms with Crippen LogP contribution in [0.15, 0.2) is 60.3 Å². The highest BCUT2D eigenvalue weighted by Gasteiger charge is 2.17. The van der Waals surface area contributed by atoms with Crippen LogP contribution in [0.5, 0.6) is 0 Å². The zero-order valence-electron chi connectivity index (χ0n) is 18.9. The molecule has 0 saturated carbocycles. The molecule has 6 nitrogen and oxygen atoms in total. The third kappa shape index (κ3) is 4.24. The lowest BCUT2D eigenvalue weighted by atomic mass is 9.99. The second-order valence-electron chi connectivity index (χ2n) is 8.36. The molecule has 1 aliphatic rings. The first-order valence-corrected chi connectivity index (χ1v) is 11.4. The molecule has 0 unspecified atom stereocenters. The van der Waals surface area contributed by atoms with Crippen molar-refractivity contribution in [2.45, 2.75) is 26.7 Å². The van der Waals surface area contributed by atoms with Crippen molar-refractivity contribution in [1.29, 1.82) is 0 Å². The van der Waals surface area contributed by atoms with E-state index >= 15 is 4.39 Å². The van der Waals surface area contributed by atoms with Crippen molar-refractivity contribution in [3.05, 3.63) is 71.7 Å². The number of fused-ring (bicyclic) bond motifs is 2. The van der Waals surface area contributed by atoms with Crippen LogP contribution in [-0.4, -0.2) is 49.7 Å². The number of imidazole rings is 1. The molecule has 4 aromatic rings. The molecular weight excluding hydrogens is 415 g/mol. The molecule has 0 aliphatic carbocycles. The van der Waals surface area contributed by atoms with Gasteiger partial charge in [-0.2, -0.15) is 5.10 Å². The average molecular weight is 443 g/mol. The molecule has 3 aromatic heterocycles. The number of aromatic amines is 2. The maximum atomic E-state index is 15.1. The number of hydrogen-bond acceptors (Lipinski definition) is 4. The van der Waals surface area contributed by atoms with Crippen LogP contribution in [-0.2, 0) is 0 Å². The molecule has 1 saturated heterocycles. The van der Waals surface area contributed by atoms with Gasteiger partial charge in [0.15, 0.2) is 17.3 Å². The molecule has 5 rings (SSSR count). The van der Waals surface area contributed by atoms with Crippen molar-refractivity contribution in [1.82, 2.24) is 30.0 Å². The molecule has 1 fully saturated rings. The Morgan fingerprint density at radius 3 is 2.82 bits per heavy atom. The van der Waals surface area contributed by atoms with Crippen molar-refractivity contribution >= 4 is 27.6 Å². The van der Waals surface area contributed by atoms with Gasteiger partial charge in [0.05, 0.1) is 5.52 Å². The lowest BCUT2D eigenvalue weighted by Crippen LogP contribution is -2.21. The summed E-state index contributed by atoms with van der Waals surface area (Å²) in [5.41, 5.74) is 5.37. The molecule has 0 bridgehead atoms. The van der Waals surface area contributed by atoms with Gasteiger partial charge < -0.3 is 4.98 Å². The minimum atomic E-state index is -0.362. The van der Waals surface area contributed by atoms with E-state index in [0.717, 1.165) is 36.3 Å². The summed E-state index contributed by atoms with van der Waals surface area (Å²) < 4.78 is 15.1. The second kappa shape index (κ2) is 9.11. The Hall–Kier alpha value is -3.58. The van der Waals surface area contributed by atoms with E-state index in [2.05, 4.69) is 48.3 Å². The van der Waals surface area contributed by atoms with Crippen LogP contribution >= 0.6 is 0 Å². The molecule has 0 amide bonds. The minimum Gasteiger partial charge on any atom is -0.335 e. The maximum Gasteiger partial charge on any atom is 0.178 e. The molecule has 0 atom stereocenters. The third-order valence-electron chi connectivity index (χ3n) is 6.08. The maximum absolute atomic E-state index is 15.1. The number of likely N-dealkylation sites (tertiary alicyclic amines) is 1. The highest BCUT2D eigenvalue weighted by molar-refractivity contribution is 5.95. The topological polar surface area (TPSA) is 73.5 Å². The predicted octanol–water partition coefficient (Wildman–Crippen LogP) is 5.64. The Labute approximate surface area is 191 Å². The van der Waals surface area contributed by atoms with E-state index in [4.69, 9.17) is 0 Å². The molecule has 0 spiro atoms. The highest BCUT2D eigenvalue weighted by Crippen LogP contribution is 2.31. The molecule has 1 aromatic carbocycles. The molecular formula is C26H27FN6. The van der Waals surface area contributed by atoms with E-state index in [1.807, 2.05) is 38.1 Å². The van der Waals surface area contributed by atoms with E-state index < -0.39 is 0 Å². The Balaban J connectivity index is 1.56. The number of nitrogens with one attached hydrogen (secondary N) is 2. The fourth-order valence-electron chi connectivity index (χ4n) is 4.48. The Bertz CT molecular complexity index is 1350. The highest BCUT2D eigenvalue weighted by atomic mass is 19.1. The molecule has 168 valence electrons. The molecule has 0 radical (unpaired) electrons. The van der Waals surface area contributed by atoms with Gasteiger partial charge in [0.2, 0.25) is 0 Å². The summed E-state index contributed by atoms with van der Waals surface area (Å²) in [5.74, 6) is 0.225. The van der Waals surface area contributed by atoms with E-state index in [1.54, 1.807) is 12.3 Å². The van der Waals surface area contributed by atoms with Crippen LogP contribution in [0, 0.1) is 5.82 Å². The summed E-state index contributed by atoms with van der Waals surface area (Å²) in [6, 6.07) is 7.30. The number of halogens is 1. The molecule has 7 heteroatoms. The van der Waals surface area contributed by atoms with Crippen LogP contribution in [0.3, 0.4) is 0 Å². The lowest BCUT2D eigenvalue weighted by Gasteiger charge is -2.16. The summed E-state index contributed by atoms with van der Waals surface area (Å²) in [6.45, 7) is 7.17. The van der Waals surface area contributed by atoms with Gasteiger partial charge in [0.1, 0.15) is 11.2 Å². The van der Waals surface area contributed by atoms with Crippen LogP contribution < -0.4 is 0 Å². The standard InChI is InChI=1S/C26H27FN6/c1-3-8-17(16-33-11-5-6-12-33)13-18(4-2)19-14-20-23(21(27)15-19)31-32-24(20)26-29-22-9-7-10-28-25(22)30-26/h3-4,7-10,13-15H,5-6,11-12,16H2,1-2H3,(H,31,32)(H,28,29,30)/b8-3+,17-13+,18-4+. The summed E-state index contributed by atoms with van der Waals surface area (Å²) in [6.07, 6.45) is 12.6. The Morgan fingerprint density at radius 1 is 1.21 bits per heavy atom. The number of pyridine rings is 1. The van der Waals surface area contributed by atoms with Gasteiger partial charge in [-0.25, -0.2) is 14.4 Å². The number of allylic oxidation sites excluding steroid dienone is 4. The van der Waals surface area contributed by atoms with Crippen molar-refractivity contribution in [3.63, 3.8) is 0 Å². The number of benzene rings is 1. The molecule has 4 heterocycles. The van der Waals surface area contributed by atoms with Crippen LogP contribution in [0.25, 0.3) is 39.2 Å². The zero-order valence-corrected chi connectivity index (χ0v) is 18.9. The lowest BCUT2D eigenvalue weighted by molar-refractivity contribution is 0.371. The number of H-pyrrole nitrogens is 2. The monoisotopic (exact) mass is 442 g/mol. The number of aromatic nitrogens is 5. The quantitative estimate of drug-likeness (QED) is 0.379. The van der Waals surface area contributed by atoms with E-state index in [-0.39, 0.29) is 5.82 Å². The first kappa shape index (κ1) is 21.3. The first-order valence-electron chi connectivity index (χ1n) is 11.4. The van der Waals surface area contributed by atoms with E-state index in [0.29, 0.717) is 28.1 Å². The van der Waals surface area contributed by atoms with Gasteiger partial charge in [-0.3, -0.25) is 10.00 Å². The van der Waals surface area contributed by atoms with E-state index in [9.17, 15) is 0 Å². The van der Waals surface area contributed by atoms with Crippen LogP contribution in [0.2, 0.25) is 0 Å². The van der Waals surface area contributed by atoms with Gasteiger partial charge in [-0.15, -0.1) is 0 Å². The summed E-state index contributed by atoms with van der Waals surface area (Å²) in [5, 5.41) is 7.86. The van der Waals surface area contributed by atoms with Crippen molar-refractivity contribution in [2.75, 3.05) is 19.6 Å². The van der Waals surface area contributed by atoms with Crippen molar-refractivity contribution < 1.29 is 4.39 Å². The largest absolute Gasteiger partial charge is 0.335 e. The number of rotatable bonds is 6. The summed E-state index contributed by atoms with van der Waals surface area (Å²) in [4.78, 5) is 14.6.